The van der Waals surface area contributed by atoms with Crippen molar-refractivity contribution in [3.8, 4) is 27.7 Å². The smallest absolute Gasteiger partial charge is 0.308 e. The molecule has 0 aliphatic carbocycles. The number of hydrogen-bond acceptors (Lipinski definition) is 7. The number of ketones is 1. The number of piperidine rings is 1. The number of carboxylic acid groups (broad SMARTS) is 1. The SMILES string of the molecule is CC(C)(C)C(=O)O.CC(C)(C)[Si](C)(C)Oc1ccc(-c2sc3cc(O)ccc3c2C(=O)c2ccc(OCCN3CCCCC3)cc2)cc1. The molecule has 48 heavy (non-hydrogen) atoms. The molecule has 1 saturated heterocycles. The summed E-state index contributed by atoms with van der Waals surface area (Å²) < 4.78 is 13.3. The number of hydrogen-bond donors (Lipinski definition) is 2. The summed E-state index contributed by atoms with van der Waals surface area (Å²) in [7, 11) is -1.96. The maximum Gasteiger partial charge on any atom is 0.308 e. The summed E-state index contributed by atoms with van der Waals surface area (Å²) in [5.41, 5.74) is 1.64. The van der Waals surface area contributed by atoms with Crippen molar-refractivity contribution in [3.05, 3.63) is 77.9 Å². The minimum Gasteiger partial charge on any atom is -0.544 e. The molecule has 5 rings (SSSR count). The van der Waals surface area contributed by atoms with Gasteiger partial charge in [-0.15, -0.1) is 11.3 Å². The van der Waals surface area contributed by atoms with E-state index in [4.69, 9.17) is 14.3 Å². The lowest BCUT2D eigenvalue weighted by atomic mass is 9.97. The Balaban J connectivity index is 0.000000671. The van der Waals surface area contributed by atoms with Gasteiger partial charge < -0.3 is 19.4 Å². The number of likely N-dealkylation sites (tertiary alicyclic amines) is 1. The minimum atomic E-state index is -1.96. The van der Waals surface area contributed by atoms with Crippen LogP contribution in [-0.2, 0) is 4.79 Å². The van der Waals surface area contributed by atoms with Crippen molar-refractivity contribution in [2.45, 2.75) is 78.9 Å². The zero-order chi connectivity index (χ0) is 35.3. The first-order valence-electron chi connectivity index (χ1n) is 16.7. The average molecular weight is 690 g/mol. The molecule has 2 N–H and O–H groups in total. The Morgan fingerprint density at radius 3 is 2.00 bits per heavy atom. The number of carboxylic acids is 1. The number of carbonyl (C=O) groups is 2. The third-order valence-corrected chi connectivity index (χ3v) is 14.6. The average Bonchev–Trinajstić information content (AvgIpc) is 3.39. The first-order valence-corrected chi connectivity index (χ1v) is 20.5. The van der Waals surface area contributed by atoms with Crippen LogP contribution in [-0.4, -0.2) is 61.4 Å². The van der Waals surface area contributed by atoms with Crippen LogP contribution in [0.3, 0.4) is 0 Å². The Morgan fingerprint density at radius 1 is 0.854 bits per heavy atom. The number of aliphatic carboxylic acids is 1. The molecule has 2 heterocycles. The number of fused-ring (bicyclic) bond motifs is 1. The van der Waals surface area contributed by atoms with Crippen LogP contribution in [0.4, 0.5) is 0 Å². The molecule has 0 radical (unpaired) electrons. The molecule has 1 aliphatic heterocycles. The molecule has 0 spiro atoms. The third-order valence-electron chi connectivity index (χ3n) is 9.08. The molecule has 0 atom stereocenters. The molecule has 0 saturated carbocycles. The summed E-state index contributed by atoms with van der Waals surface area (Å²) >= 11 is 1.52. The fraction of sp³-hybridized carbons (Fsp3) is 0.436. The van der Waals surface area contributed by atoms with Gasteiger partial charge in [0.1, 0.15) is 23.9 Å². The van der Waals surface area contributed by atoms with Crippen LogP contribution in [0.5, 0.6) is 17.2 Å². The summed E-state index contributed by atoms with van der Waals surface area (Å²) in [5, 5.41) is 19.3. The molecule has 1 aliphatic rings. The van der Waals surface area contributed by atoms with E-state index in [1.165, 1.54) is 30.6 Å². The maximum atomic E-state index is 14.0. The van der Waals surface area contributed by atoms with Crippen molar-refractivity contribution in [3.63, 3.8) is 0 Å². The van der Waals surface area contributed by atoms with E-state index < -0.39 is 19.7 Å². The van der Waals surface area contributed by atoms with Crippen LogP contribution in [0.25, 0.3) is 20.5 Å². The molecule has 7 nitrogen and oxygen atoms in total. The number of phenolic OH excluding ortho intramolecular Hbond substituents is 1. The minimum absolute atomic E-state index is 0.0431. The summed E-state index contributed by atoms with van der Waals surface area (Å²) in [4.78, 5) is 27.3. The molecule has 0 amide bonds. The number of benzene rings is 3. The van der Waals surface area contributed by atoms with Crippen LogP contribution in [0.15, 0.2) is 66.7 Å². The molecule has 3 aromatic carbocycles. The van der Waals surface area contributed by atoms with Crippen molar-refractivity contribution in [2.75, 3.05) is 26.2 Å². The van der Waals surface area contributed by atoms with E-state index in [2.05, 4.69) is 38.8 Å². The number of nitrogens with zero attached hydrogens (tertiary/aromatic N) is 1. The normalized spacial score (nSPS) is 14.2. The van der Waals surface area contributed by atoms with Crippen LogP contribution in [0, 0.1) is 5.41 Å². The van der Waals surface area contributed by atoms with Crippen LogP contribution in [0.2, 0.25) is 18.1 Å². The van der Waals surface area contributed by atoms with Gasteiger partial charge in [-0.2, -0.15) is 0 Å². The van der Waals surface area contributed by atoms with Gasteiger partial charge in [0.2, 0.25) is 8.32 Å². The van der Waals surface area contributed by atoms with Gasteiger partial charge in [0, 0.05) is 32.6 Å². The highest BCUT2D eigenvalue weighted by Crippen LogP contribution is 2.42. The van der Waals surface area contributed by atoms with Crippen molar-refractivity contribution >= 4 is 41.5 Å². The van der Waals surface area contributed by atoms with Crippen molar-refractivity contribution in [1.82, 2.24) is 4.90 Å². The van der Waals surface area contributed by atoms with Gasteiger partial charge in [-0.05, 0) is 137 Å². The largest absolute Gasteiger partial charge is 0.544 e. The second kappa shape index (κ2) is 15.3. The van der Waals surface area contributed by atoms with Gasteiger partial charge >= 0.3 is 5.97 Å². The molecular weight excluding hydrogens is 639 g/mol. The highest BCUT2D eigenvalue weighted by Gasteiger charge is 2.39. The number of ether oxygens (including phenoxy) is 1. The second-order valence-electron chi connectivity index (χ2n) is 15.0. The third kappa shape index (κ3) is 9.48. The molecule has 9 heteroatoms. The number of aromatic hydroxyl groups is 1. The Hall–Kier alpha value is -3.66. The van der Waals surface area contributed by atoms with E-state index >= 15 is 0 Å². The monoisotopic (exact) mass is 689 g/mol. The van der Waals surface area contributed by atoms with Gasteiger partial charge in [0.15, 0.2) is 5.78 Å². The van der Waals surface area contributed by atoms with Gasteiger partial charge in [-0.3, -0.25) is 14.5 Å². The molecule has 1 fully saturated rings. The molecule has 258 valence electrons. The second-order valence-corrected chi connectivity index (χ2v) is 20.8. The Labute approximate surface area is 290 Å². The van der Waals surface area contributed by atoms with E-state index in [0.717, 1.165) is 51.7 Å². The molecule has 1 aromatic heterocycles. The lowest BCUT2D eigenvalue weighted by Gasteiger charge is -2.36. The van der Waals surface area contributed by atoms with Gasteiger partial charge in [-0.1, -0.05) is 27.2 Å². The summed E-state index contributed by atoms with van der Waals surface area (Å²) in [5.74, 6) is 1.01. The van der Waals surface area contributed by atoms with Crippen LogP contribution in [0.1, 0.15) is 76.7 Å². The number of rotatable bonds is 9. The van der Waals surface area contributed by atoms with Crippen LogP contribution < -0.4 is 9.16 Å². The van der Waals surface area contributed by atoms with Crippen molar-refractivity contribution in [2.24, 2.45) is 5.41 Å². The zero-order valence-corrected chi connectivity index (χ0v) is 31.5. The number of carbonyl (C=O) groups excluding carboxylic acids is 1. The Morgan fingerprint density at radius 2 is 1.44 bits per heavy atom. The Kier molecular flexibility index (Phi) is 11.8. The highest BCUT2D eigenvalue weighted by molar-refractivity contribution is 7.22. The van der Waals surface area contributed by atoms with E-state index in [9.17, 15) is 14.7 Å². The molecule has 0 unspecified atom stereocenters. The topological polar surface area (TPSA) is 96.3 Å². The highest BCUT2D eigenvalue weighted by atomic mass is 32.1. The fourth-order valence-electron chi connectivity index (χ4n) is 4.96. The van der Waals surface area contributed by atoms with Gasteiger partial charge in [-0.25, -0.2) is 0 Å². The summed E-state index contributed by atoms with van der Waals surface area (Å²) in [6, 6.07) is 20.7. The first-order chi connectivity index (χ1) is 22.5. The van der Waals surface area contributed by atoms with Crippen molar-refractivity contribution in [1.29, 1.82) is 0 Å². The first kappa shape index (κ1) is 37.2. The van der Waals surface area contributed by atoms with Crippen LogP contribution >= 0.6 is 11.3 Å². The van der Waals surface area contributed by atoms with E-state index in [0.29, 0.717) is 17.7 Å². The number of phenols is 1. The van der Waals surface area contributed by atoms with Gasteiger partial charge in [0.05, 0.1) is 5.41 Å². The zero-order valence-electron chi connectivity index (χ0n) is 29.7. The number of thiophene rings is 1. The molecule has 0 bridgehead atoms. The van der Waals surface area contributed by atoms with Crippen molar-refractivity contribution < 1.29 is 29.0 Å². The van der Waals surface area contributed by atoms with E-state index in [1.807, 2.05) is 54.6 Å². The quantitative estimate of drug-likeness (QED) is 0.133. The fourth-order valence-corrected chi connectivity index (χ4v) is 7.23. The lowest BCUT2D eigenvalue weighted by molar-refractivity contribution is -0.145. The van der Waals surface area contributed by atoms with E-state index in [1.54, 1.807) is 32.9 Å². The van der Waals surface area contributed by atoms with Gasteiger partial charge in [0.25, 0.3) is 0 Å². The van der Waals surface area contributed by atoms with E-state index in [-0.39, 0.29) is 16.6 Å². The Bertz CT molecular complexity index is 1690. The molecule has 4 aromatic rings. The lowest BCUT2D eigenvalue weighted by Crippen LogP contribution is -2.43. The summed E-state index contributed by atoms with van der Waals surface area (Å²) in [6.07, 6.45) is 3.86. The molecular formula is C39H51NO6SSi. The predicted molar refractivity (Wildman–Crippen MR) is 200 cm³/mol. The standard InChI is InChI=1S/C34H41NO4SSi.C5H10O2/c1-34(2,3)41(4,5)39-28-16-11-25(12-17-28)33-31(29-18-13-26(36)23-30(29)40-33)32(37)24-9-14-27(15-10-24)38-22-21-35-19-7-6-8-20-35;1-5(2,3)4(6)7/h9-18,23,36H,6-8,19-22H2,1-5H3;1-3H3,(H,6,7). The maximum absolute atomic E-state index is 14.0. The summed E-state index contributed by atoms with van der Waals surface area (Å²) in [6.45, 7) is 20.0. The predicted octanol–water partition coefficient (Wildman–Crippen LogP) is 9.87.